The van der Waals surface area contributed by atoms with Crippen molar-refractivity contribution in [1.82, 2.24) is 15.3 Å². The number of aromatic hydroxyl groups is 1. The van der Waals surface area contributed by atoms with Crippen LogP contribution in [0.1, 0.15) is 21.1 Å². The molecule has 0 bridgehead atoms. The number of nitrogens with zero attached hydrogens (tertiary/aromatic N) is 2. The predicted molar refractivity (Wildman–Crippen MR) is 106 cm³/mol. The Morgan fingerprint density at radius 3 is 2.67 bits per heavy atom. The van der Waals surface area contributed by atoms with Crippen LogP contribution in [0.2, 0.25) is 0 Å². The van der Waals surface area contributed by atoms with E-state index in [4.69, 9.17) is 5.11 Å². The smallest absolute Gasteiger partial charge is 0.396 e. The number of phenols is 1. The zero-order valence-corrected chi connectivity index (χ0v) is 17.2. The van der Waals surface area contributed by atoms with Gasteiger partial charge < -0.3 is 20.3 Å². The van der Waals surface area contributed by atoms with Crippen molar-refractivity contribution >= 4 is 40.5 Å². The first-order valence-electron chi connectivity index (χ1n) is 8.25. The summed E-state index contributed by atoms with van der Waals surface area (Å²) >= 11 is 2.36. The van der Waals surface area contributed by atoms with Crippen LogP contribution in [-0.2, 0) is 20.9 Å². The summed E-state index contributed by atoms with van der Waals surface area (Å²) in [5.41, 5.74) is 0.576. The third kappa shape index (κ3) is 4.28. The molecule has 30 heavy (non-hydrogen) atoms. The number of aromatic carboxylic acids is 1. The molecule has 1 amide bonds. The van der Waals surface area contributed by atoms with Gasteiger partial charge in [0.05, 0.1) is 29.9 Å². The monoisotopic (exact) mass is 451 g/mol. The molecule has 0 atom stereocenters. The maximum absolute atomic E-state index is 14.3. The van der Waals surface area contributed by atoms with Crippen molar-refractivity contribution in [3.8, 4) is 26.9 Å². The quantitative estimate of drug-likeness (QED) is 0.397. The number of amides is 1. The molecule has 0 aliphatic heterocycles. The number of hydrogen-bond acceptors (Lipinski definition) is 9. The summed E-state index contributed by atoms with van der Waals surface area (Å²) in [5, 5.41) is 23.6. The molecule has 0 spiro atoms. The molecule has 3 N–H and O–H groups in total. The van der Waals surface area contributed by atoms with Crippen molar-refractivity contribution in [2.75, 3.05) is 7.11 Å². The molecular weight excluding hydrogens is 437 g/mol. The Hall–Kier alpha value is -3.38. The van der Waals surface area contributed by atoms with Gasteiger partial charge in [-0.25, -0.2) is 23.9 Å². The molecule has 0 saturated heterocycles. The van der Waals surface area contributed by atoms with Crippen molar-refractivity contribution in [2.45, 2.75) is 13.5 Å². The molecule has 9 nitrogen and oxygen atoms in total. The SMILES string of the molecule is COC(=O)C(=O)NCc1nc(C)c(-c2csc(-c3cc(O)c(C(=O)O)cc3F)n2)s1. The van der Waals surface area contributed by atoms with Gasteiger partial charge >= 0.3 is 17.8 Å². The van der Waals surface area contributed by atoms with E-state index in [9.17, 15) is 23.9 Å². The van der Waals surface area contributed by atoms with Gasteiger partial charge in [-0.15, -0.1) is 22.7 Å². The number of halogens is 1. The van der Waals surface area contributed by atoms with E-state index in [1.165, 1.54) is 11.3 Å². The summed E-state index contributed by atoms with van der Waals surface area (Å²) in [5.74, 6) is -4.72. The van der Waals surface area contributed by atoms with Crippen LogP contribution < -0.4 is 5.32 Å². The van der Waals surface area contributed by atoms with Gasteiger partial charge in [-0.3, -0.25) is 4.79 Å². The lowest BCUT2D eigenvalue weighted by molar-refractivity contribution is -0.152. The van der Waals surface area contributed by atoms with Crippen LogP contribution in [0, 0.1) is 12.7 Å². The standard InChI is InChI=1S/C18H14FN3O6S2/c1-7-14(30-13(21-7)5-20-15(24)18(27)28-2)11-6-29-16(22-11)8-4-12(23)9(17(25)26)3-10(8)19/h3-4,6,23H,5H2,1-2H3,(H,20,24)(H,25,26). The normalized spacial score (nSPS) is 10.6. The van der Waals surface area contributed by atoms with Crippen molar-refractivity contribution in [3.05, 3.63) is 39.6 Å². The Morgan fingerprint density at radius 2 is 2.00 bits per heavy atom. The minimum Gasteiger partial charge on any atom is -0.507 e. The molecule has 1 aromatic carbocycles. The summed E-state index contributed by atoms with van der Waals surface area (Å²) in [6, 6.07) is 1.77. The summed E-state index contributed by atoms with van der Waals surface area (Å²) < 4.78 is 18.7. The number of hydrogen-bond donors (Lipinski definition) is 3. The fourth-order valence-corrected chi connectivity index (χ4v) is 4.35. The molecule has 0 aliphatic carbocycles. The van der Waals surface area contributed by atoms with Gasteiger partial charge in [0.1, 0.15) is 27.1 Å². The zero-order chi connectivity index (χ0) is 22.0. The van der Waals surface area contributed by atoms with E-state index in [1.54, 1.807) is 12.3 Å². The van der Waals surface area contributed by atoms with Gasteiger partial charge in [-0.1, -0.05) is 0 Å². The number of rotatable bonds is 5. The van der Waals surface area contributed by atoms with Gasteiger partial charge in [0.15, 0.2) is 0 Å². The van der Waals surface area contributed by atoms with Crippen LogP contribution in [0.5, 0.6) is 5.75 Å². The van der Waals surface area contributed by atoms with Crippen molar-refractivity contribution < 1.29 is 33.7 Å². The number of carboxylic acids is 1. The van der Waals surface area contributed by atoms with Gasteiger partial charge in [0, 0.05) is 10.9 Å². The predicted octanol–water partition coefficient (Wildman–Crippen LogP) is 2.57. The fourth-order valence-electron chi connectivity index (χ4n) is 2.49. The third-order valence-corrected chi connectivity index (χ3v) is 5.95. The van der Waals surface area contributed by atoms with E-state index in [2.05, 4.69) is 20.0 Å². The lowest BCUT2D eigenvalue weighted by Gasteiger charge is -2.04. The maximum atomic E-state index is 14.3. The maximum Gasteiger partial charge on any atom is 0.396 e. The number of nitrogens with one attached hydrogen (secondary N) is 1. The Balaban J connectivity index is 1.84. The van der Waals surface area contributed by atoms with Crippen LogP contribution in [0.25, 0.3) is 21.1 Å². The van der Waals surface area contributed by atoms with E-state index < -0.39 is 35.0 Å². The van der Waals surface area contributed by atoms with Gasteiger partial charge in [-0.2, -0.15) is 0 Å². The van der Waals surface area contributed by atoms with E-state index in [0.29, 0.717) is 21.3 Å². The highest BCUT2D eigenvalue weighted by Gasteiger charge is 2.20. The molecule has 12 heteroatoms. The number of ether oxygens (including phenoxy) is 1. The number of aromatic nitrogens is 2. The first-order valence-corrected chi connectivity index (χ1v) is 9.95. The van der Waals surface area contributed by atoms with Gasteiger partial charge in [0.2, 0.25) is 0 Å². The van der Waals surface area contributed by atoms with Gasteiger partial charge in [0.25, 0.3) is 0 Å². The van der Waals surface area contributed by atoms with Crippen molar-refractivity contribution in [1.29, 1.82) is 0 Å². The van der Waals surface area contributed by atoms with Crippen molar-refractivity contribution in [2.24, 2.45) is 0 Å². The Bertz CT molecular complexity index is 1160. The van der Waals surface area contributed by atoms with Crippen LogP contribution in [0.4, 0.5) is 4.39 Å². The largest absolute Gasteiger partial charge is 0.507 e. The van der Waals surface area contributed by atoms with E-state index in [0.717, 1.165) is 30.6 Å². The lowest BCUT2D eigenvalue weighted by Crippen LogP contribution is -2.31. The van der Waals surface area contributed by atoms with Crippen LogP contribution in [-0.4, -0.2) is 45.1 Å². The first kappa shape index (κ1) is 21.3. The second-order valence-electron chi connectivity index (χ2n) is 5.89. The Labute approximate surface area is 176 Å². The van der Waals surface area contributed by atoms with Crippen molar-refractivity contribution in [3.63, 3.8) is 0 Å². The molecule has 0 fully saturated rings. The fraction of sp³-hybridized carbons (Fsp3) is 0.167. The minimum absolute atomic E-state index is 0.0234. The molecule has 0 saturated carbocycles. The second kappa shape index (κ2) is 8.55. The molecule has 0 aliphatic rings. The third-order valence-electron chi connectivity index (χ3n) is 3.89. The number of carbonyl (C=O) groups excluding carboxylic acids is 2. The molecule has 0 unspecified atom stereocenters. The summed E-state index contributed by atoms with van der Waals surface area (Å²) in [6.45, 7) is 1.76. The number of esters is 1. The number of benzene rings is 1. The van der Waals surface area contributed by atoms with E-state index >= 15 is 0 Å². The van der Waals surface area contributed by atoms with Crippen LogP contribution in [0.3, 0.4) is 0 Å². The highest BCUT2D eigenvalue weighted by Crippen LogP contribution is 2.36. The molecule has 2 heterocycles. The molecule has 156 valence electrons. The number of carbonyl (C=O) groups is 3. The highest BCUT2D eigenvalue weighted by molar-refractivity contribution is 7.16. The van der Waals surface area contributed by atoms with Crippen LogP contribution >= 0.6 is 22.7 Å². The zero-order valence-electron chi connectivity index (χ0n) is 15.6. The Kier molecular flexibility index (Phi) is 6.08. The molecule has 2 aromatic heterocycles. The second-order valence-corrected chi connectivity index (χ2v) is 7.83. The summed E-state index contributed by atoms with van der Waals surface area (Å²) in [4.78, 5) is 43.0. The molecule has 3 rings (SSSR count). The number of carboxylic acid groups (broad SMARTS) is 1. The molecule has 3 aromatic rings. The average Bonchev–Trinajstić information content (AvgIpc) is 3.33. The van der Waals surface area contributed by atoms with E-state index in [1.807, 2.05) is 0 Å². The number of aryl methyl sites for hydroxylation is 1. The van der Waals surface area contributed by atoms with Gasteiger partial charge in [-0.05, 0) is 19.1 Å². The average molecular weight is 451 g/mol. The highest BCUT2D eigenvalue weighted by atomic mass is 32.1. The molecular formula is C18H14FN3O6S2. The topological polar surface area (TPSA) is 139 Å². The summed E-state index contributed by atoms with van der Waals surface area (Å²) in [6.07, 6.45) is 0. The number of thiazole rings is 2. The minimum atomic E-state index is -1.44. The van der Waals surface area contributed by atoms with Crippen LogP contribution in [0.15, 0.2) is 17.5 Å². The van der Waals surface area contributed by atoms with E-state index in [-0.39, 0.29) is 17.1 Å². The number of methoxy groups -OCH3 is 1. The Morgan fingerprint density at radius 1 is 1.27 bits per heavy atom. The molecule has 0 radical (unpaired) electrons. The first-order chi connectivity index (χ1) is 14.2. The lowest BCUT2D eigenvalue weighted by atomic mass is 10.1. The summed E-state index contributed by atoms with van der Waals surface area (Å²) in [7, 11) is 1.10.